The van der Waals surface area contributed by atoms with E-state index >= 15 is 0 Å². The lowest BCUT2D eigenvalue weighted by atomic mass is 9.96. The SMILES string of the molecule is N#Cc1c(-c2ccccc2)c(C#N)c(=O)n(-c2nccs2)c1N. The third-order valence-corrected chi connectivity index (χ3v) is 4.07. The third kappa shape index (κ3) is 2.26. The number of hydrogen-bond donors (Lipinski definition) is 1. The van der Waals surface area contributed by atoms with Gasteiger partial charge in [-0.2, -0.15) is 10.5 Å². The van der Waals surface area contributed by atoms with Gasteiger partial charge in [0.25, 0.3) is 5.56 Å². The number of benzene rings is 1. The van der Waals surface area contributed by atoms with Gasteiger partial charge >= 0.3 is 0 Å². The van der Waals surface area contributed by atoms with Gasteiger partial charge in [0.15, 0.2) is 5.13 Å². The van der Waals surface area contributed by atoms with E-state index in [0.717, 1.165) is 4.57 Å². The number of aromatic nitrogens is 2. The van der Waals surface area contributed by atoms with Crippen LogP contribution in [0.1, 0.15) is 11.1 Å². The van der Waals surface area contributed by atoms with Crippen LogP contribution in [0.4, 0.5) is 5.82 Å². The molecule has 0 radical (unpaired) electrons. The lowest BCUT2D eigenvalue weighted by molar-refractivity contribution is 0.975. The van der Waals surface area contributed by atoms with E-state index in [-0.39, 0.29) is 22.5 Å². The lowest BCUT2D eigenvalue weighted by Gasteiger charge is -2.13. The molecule has 0 atom stereocenters. The highest BCUT2D eigenvalue weighted by Crippen LogP contribution is 2.30. The summed E-state index contributed by atoms with van der Waals surface area (Å²) in [5.74, 6) is -0.0229. The number of rotatable bonds is 2. The van der Waals surface area contributed by atoms with Gasteiger partial charge in [-0.05, 0) is 5.56 Å². The minimum absolute atomic E-state index is 0.0229. The van der Waals surface area contributed by atoms with Crippen molar-refractivity contribution in [3.63, 3.8) is 0 Å². The highest BCUT2D eigenvalue weighted by Gasteiger charge is 2.23. The summed E-state index contributed by atoms with van der Waals surface area (Å²) in [6.45, 7) is 0. The fourth-order valence-electron chi connectivity index (χ4n) is 2.32. The normalized spacial score (nSPS) is 10.0. The van der Waals surface area contributed by atoms with E-state index in [2.05, 4.69) is 4.98 Å². The van der Waals surface area contributed by atoms with Gasteiger partial charge in [-0.1, -0.05) is 30.3 Å². The van der Waals surface area contributed by atoms with Crippen LogP contribution in [0.2, 0.25) is 0 Å². The van der Waals surface area contributed by atoms with E-state index in [1.54, 1.807) is 29.6 Å². The van der Waals surface area contributed by atoms with Crippen molar-refractivity contribution in [1.29, 1.82) is 10.5 Å². The molecule has 0 unspecified atom stereocenters. The van der Waals surface area contributed by atoms with E-state index in [1.165, 1.54) is 17.5 Å². The Labute approximate surface area is 135 Å². The van der Waals surface area contributed by atoms with E-state index < -0.39 is 5.56 Å². The van der Waals surface area contributed by atoms with Crippen LogP contribution in [-0.2, 0) is 0 Å². The molecule has 0 aliphatic carbocycles. The van der Waals surface area contributed by atoms with E-state index in [0.29, 0.717) is 10.7 Å². The summed E-state index contributed by atoms with van der Waals surface area (Å²) < 4.78 is 1.11. The average Bonchev–Trinajstić information content (AvgIpc) is 3.09. The number of nitrogen functional groups attached to an aromatic ring is 1. The lowest BCUT2D eigenvalue weighted by Crippen LogP contribution is -2.26. The Hall–Kier alpha value is -3.42. The molecular formula is C16H9N5OS. The van der Waals surface area contributed by atoms with Crippen molar-refractivity contribution >= 4 is 17.2 Å². The summed E-state index contributed by atoms with van der Waals surface area (Å²) in [5, 5.41) is 21.0. The molecule has 0 saturated heterocycles. The largest absolute Gasteiger partial charge is 0.384 e. The minimum atomic E-state index is -0.585. The van der Waals surface area contributed by atoms with Crippen LogP contribution in [0.5, 0.6) is 0 Å². The molecule has 2 aromatic heterocycles. The molecule has 2 N–H and O–H groups in total. The maximum Gasteiger partial charge on any atom is 0.277 e. The van der Waals surface area contributed by atoms with Crippen molar-refractivity contribution < 1.29 is 0 Å². The third-order valence-electron chi connectivity index (χ3n) is 3.31. The van der Waals surface area contributed by atoms with Gasteiger partial charge in [0.1, 0.15) is 29.1 Å². The number of thiazole rings is 1. The molecule has 0 saturated carbocycles. The zero-order chi connectivity index (χ0) is 16.4. The second kappa shape index (κ2) is 5.76. The molecule has 1 aromatic carbocycles. The summed E-state index contributed by atoms with van der Waals surface area (Å²) >= 11 is 1.20. The molecule has 0 aliphatic heterocycles. The van der Waals surface area contributed by atoms with Crippen molar-refractivity contribution in [2.75, 3.05) is 5.73 Å². The monoisotopic (exact) mass is 319 g/mol. The Balaban J connectivity index is 2.47. The molecule has 3 rings (SSSR count). The highest BCUT2D eigenvalue weighted by atomic mass is 32.1. The van der Waals surface area contributed by atoms with Gasteiger partial charge in [-0.15, -0.1) is 11.3 Å². The number of nitrogens with two attached hydrogens (primary N) is 1. The number of anilines is 1. The fourth-order valence-corrected chi connectivity index (χ4v) is 2.97. The van der Waals surface area contributed by atoms with Crippen LogP contribution < -0.4 is 11.3 Å². The van der Waals surface area contributed by atoms with E-state index in [9.17, 15) is 15.3 Å². The highest BCUT2D eigenvalue weighted by molar-refractivity contribution is 7.12. The van der Waals surface area contributed by atoms with Crippen LogP contribution in [0.3, 0.4) is 0 Å². The zero-order valence-corrected chi connectivity index (χ0v) is 12.5. The number of nitrogens with zero attached hydrogens (tertiary/aromatic N) is 4. The molecule has 110 valence electrons. The van der Waals surface area contributed by atoms with Crippen LogP contribution in [0.15, 0.2) is 46.7 Å². The quantitative estimate of drug-likeness (QED) is 0.779. The average molecular weight is 319 g/mol. The van der Waals surface area contributed by atoms with Crippen LogP contribution in [0, 0.1) is 22.7 Å². The molecule has 0 spiro atoms. The second-order valence-corrected chi connectivity index (χ2v) is 5.43. The van der Waals surface area contributed by atoms with Crippen molar-refractivity contribution in [2.24, 2.45) is 0 Å². The van der Waals surface area contributed by atoms with Gasteiger partial charge in [0.2, 0.25) is 0 Å². The molecule has 0 amide bonds. The first-order valence-electron chi connectivity index (χ1n) is 6.53. The molecule has 0 fully saturated rings. The van der Waals surface area contributed by atoms with Crippen molar-refractivity contribution in [2.45, 2.75) is 0 Å². The summed E-state index contributed by atoms with van der Waals surface area (Å²) in [5.41, 5.74) is 6.27. The first-order valence-corrected chi connectivity index (χ1v) is 7.41. The molecule has 3 aromatic rings. The predicted molar refractivity (Wildman–Crippen MR) is 87.0 cm³/mol. The van der Waals surface area contributed by atoms with Gasteiger partial charge in [-0.25, -0.2) is 9.55 Å². The minimum Gasteiger partial charge on any atom is -0.384 e. The van der Waals surface area contributed by atoms with Crippen molar-refractivity contribution in [3.8, 4) is 28.4 Å². The Morgan fingerprint density at radius 3 is 2.39 bits per heavy atom. The van der Waals surface area contributed by atoms with E-state index in [4.69, 9.17) is 5.73 Å². The Bertz CT molecular complexity index is 1010. The predicted octanol–water partition coefficient (Wildman–Crippen LogP) is 2.29. The maximum atomic E-state index is 12.7. The summed E-state index contributed by atoms with van der Waals surface area (Å²) in [4.78, 5) is 16.7. The van der Waals surface area contributed by atoms with Gasteiger partial charge in [0, 0.05) is 17.1 Å². The molecule has 7 heteroatoms. The van der Waals surface area contributed by atoms with Crippen molar-refractivity contribution in [3.05, 3.63) is 63.4 Å². The molecular weight excluding hydrogens is 310 g/mol. The Kier molecular flexibility index (Phi) is 3.63. The maximum absolute atomic E-state index is 12.7. The Morgan fingerprint density at radius 2 is 1.83 bits per heavy atom. The number of hydrogen-bond acceptors (Lipinski definition) is 6. The Morgan fingerprint density at radius 1 is 1.13 bits per heavy atom. The molecule has 6 nitrogen and oxygen atoms in total. The van der Waals surface area contributed by atoms with Crippen LogP contribution >= 0.6 is 11.3 Å². The van der Waals surface area contributed by atoms with Gasteiger partial charge in [0.05, 0.1) is 0 Å². The van der Waals surface area contributed by atoms with Gasteiger partial charge < -0.3 is 5.73 Å². The smallest absolute Gasteiger partial charge is 0.277 e. The summed E-state index contributed by atoms with van der Waals surface area (Å²) in [6.07, 6.45) is 1.52. The van der Waals surface area contributed by atoms with Crippen molar-refractivity contribution in [1.82, 2.24) is 9.55 Å². The molecule has 2 heterocycles. The first kappa shape index (κ1) is 14.5. The summed E-state index contributed by atoms with van der Waals surface area (Å²) in [6, 6.07) is 12.7. The zero-order valence-electron chi connectivity index (χ0n) is 11.7. The molecule has 0 aliphatic rings. The number of pyridine rings is 1. The standard InChI is InChI=1S/C16H9N5OS/c17-8-11-13(10-4-2-1-3-5-10)12(9-18)15(22)21(14(11)19)16-20-6-7-23-16/h1-7H,19H2. The number of nitriles is 2. The van der Waals surface area contributed by atoms with Gasteiger partial charge in [-0.3, -0.25) is 4.79 Å². The fraction of sp³-hybridized carbons (Fsp3) is 0. The van der Waals surface area contributed by atoms with E-state index in [1.807, 2.05) is 18.2 Å². The molecule has 0 bridgehead atoms. The molecule has 23 heavy (non-hydrogen) atoms. The topological polar surface area (TPSA) is 108 Å². The second-order valence-electron chi connectivity index (χ2n) is 4.56. The first-order chi connectivity index (χ1) is 11.2. The van der Waals surface area contributed by atoms with Crippen LogP contribution in [0.25, 0.3) is 16.3 Å². The summed E-state index contributed by atoms with van der Waals surface area (Å²) in [7, 11) is 0. The van der Waals surface area contributed by atoms with Crippen LogP contribution in [-0.4, -0.2) is 9.55 Å².